The molecular weight excluding hydrogens is 342 g/mol. The van der Waals surface area contributed by atoms with Crippen molar-refractivity contribution in [3.05, 3.63) is 36.0 Å². The normalized spacial score (nSPS) is 15.3. The molecule has 0 bridgehead atoms. The van der Waals surface area contributed by atoms with Crippen molar-refractivity contribution in [2.75, 3.05) is 23.8 Å². The van der Waals surface area contributed by atoms with Gasteiger partial charge < -0.3 is 15.4 Å². The second-order valence-electron chi connectivity index (χ2n) is 6.19. The summed E-state index contributed by atoms with van der Waals surface area (Å²) < 4.78 is 33.6. The van der Waals surface area contributed by atoms with Crippen LogP contribution >= 0.6 is 0 Å². The van der Waals surface area contributed by atoms with Gasteiger partial charge in [-0.25, -0.2) is 8.78 Å². The van der Waals surface area contributed by atoms with Gasteiger partial charge in [0.1, 0.15) is 5.82 Å². The number of nitrogens with zero attached hydrogens (tertiary/aromatic N) is 4. The molecule has 0 aliphatic carbocycles. The molecule has 2 N–H and O–H groups in total. The molecule has 3 heterocycles. The molecule has 0 amide bonds. The molecule has 26 heavy (non-hydrogen) atoms. The fourth-order valence-electron chi connectivity index (χ4n) is 2.93. The maximum absolute atomic E-state index is 13.4. The third kappa shape index (κ3) is 3.30. The molecule has 0 spiro atoms. The van der Waals surface area contributed by atoms with Crippen LogP contribution in [0.4, 0.5) is 26.2 Å². The lowest BCUT2D eigenvalue weighted by Gasteiger charge is -2.24. The largest absolute Gasteiger partial charge is 0.381 e. The van der Waals surface area contributed by atoms with E-state index < -0.39 is 11.6 Å². The number of benzene rings is 1. The molecule has 136 valence electrons. The Kier molecular flexibility index (Phi) is 4.37. The number of aryl methyl sites for hydroxylation is 1. The standard InChI is InChI=1S/C17H18F2N6O/c1-25-16-12(9-20-25)15(21-10-4-6-26-7-5-10)23-17(24-16)22-11-2-3-13(18)14(19)8-11/h2-3,8-10H,4-7H2,1H3,(H2,21,22,23,24). The van der Waals surface area contributed by atoms with Gasteiger partial charge in [-0.05, 0) is 25.0 Å². The van der Waals surface area contributed by atoms with E-state index in [0.29, 0.717) is 30.4 Å². The van der Waals surface area contributed by atoms with E-state index in [-0.39, 0.29) is 12.0 Å². The van der Waals surface area contributed by atoms with Crippen LogP contribution in [0.3, 0.4) is 0 Å². The van der Waals surface area contributed by atoms with Gasteiger partial charge in [0.2, 0.25) is 5.95 Å². The Labute approximate surface area is 148 Å². The molecule has 1 aliphatic heterocycles. The van der Waals surface area contributed by atoms with E-state index in [9.17, 15) is 8.78 Å². The van der Waals surface area contributed by atoms with Gasteiger partial charge in [-0.2, -0.15) is 15.1 Å². The molecule has 3 aromatic rings. The van der Waals surface area contributed by atoms with E-state index in [1.54, 1.807) is 17.9 Å². The number of nitrogens with one attached hydrogen (secondary N) is 2. The van der Waals surface area contributed by atoms with Gasteiger partial charge >= 0.3 is 0 Å². The van der Waals surface area contributed by atoms with E-state index in [1.165, 1.54) is 6.07 Å². The average molecular weight is 360 g/mol. The molecular formula is C17H18F2N6O. The molecule has 1 saturated heterocycles. The third-order valence-electron chi connectivity index (χ3n) is 4.33. The molecule has 0 radical (unpaired) electrons. The summed E-state index contributed by atoms with van der Waals surface area (Å²) in [5.41, 5.74) is 1.00. The van der Waals surface area contributed by atoms with Crippen LogP contribution in [0.15, 0.2) is 24.4 Å². The average Bonchev–Trinajstić information content (AvgIpc) is 3.01. The number of hydrogen-bond donors (Lipinski definition) is 2. The van der Waals surface area contributed by atoms with Crippen LogP contribution in [0.1, 0.15) is 12.8 Å². The minimum atomic E-state index is -0.933. The smallest absolute Gasteiger partial charge is 0.231 e. The van der Waals surface area contributed by atoms with Crippen molar-refractivity contribution in [1.29, 1.82) is 0 Å². The Morgan fingerprint density at radius 3 is 2.73 bits per heavy atom. The highest BCUT2D eigenvalue weighted by atomic mass is 19.2. The summed E-state index contributed by atoms with van der Waals surface area (Å²) in [6, 6.07) is 3.80. The van der Waals surface area contributed by atoms with E-state index >= 15 is 0 Å². The summed E-state index contributed by atoms with van der Waals surface area (Å²) in [6.07, 6.45) is 3.48. The number of aromatic nitrogens is 4. The number of anilines is 3. The molecule has 4 rings (SSSR count). The highest BCUT2D eigenvalue weighted by Crippen LogP contribution is 2.25. The van der Waals surface area contributed by atoms with Crippen LogP contribution in [-0.4, -0.2) is 39.0 Å². The van der Waals surface area contributed by atoms with Crippen LogP contribution in [0.25, 0.3) is 11.0 Å². The summed E-state index contributed by atoms with van der Waals surface area (Å²) in [7, 11) is 1.79. The van der Waals surface area contributed by atoms with Crippen LogP contribution in [0, 0.1) is 11.6 Å². The number of rotatable bonds is 4. The van der Waals surface area contributed by atoms with Gasteiger partial charge in [0.25, 0.3) is 0 Å². The van der Waals surface area contributed by atoms with Crippen molar-refractivity contribution < 1.29 is 13.5 Å². The number of hydrogen-bond acceptors (Lipinski definition) is 6. The van der Waals surface area contributed by atoms with Gasteiger partial charge in [-0.15, -0.1) is 0 Å². The Morgan fingerprint density at radius 2 is 1.96 bits per heavy atom. The van der Waals surface area contributed by atoms with Gasteiger partial charge in [0.15, 0.2) is 17.3 Å². The van der Waals surface area contributed by atoms with Crippen molar-refractivity contribution >= 4 is 28.5 Å². The molecule has 1 aromatic carbocycles. The summed E-state index contributed by atoms with van der Waals surface area (Å²) >= 11 is 0. The second kappa shape index (κ2) is 6.83. The lowest BCUT2D eigenvalue weighted by Crippen LogP contribution is -2.28. The Balaban J connectivity index is 1.67. The number of halogens is 2. The number of ether oxygens (including phenoxy) is 1. The lowest BCUT2D eigenvalue weighted by molar-refractivity contribution is 0.0904. The SMILES string of the molecule is Cn1ncc2c(NC3CCOCC3)nc(Nc3ccc(F)c(F)c3)nc21. The predicted molar refractivity (Wildman–Crippen MR) is 93.4 cm³/mol. The highest BCUT2D eigenvalue weighted by Gasteiger charge is 2.18. The first kappa shape index (κ1) is 16.6. The zero-order chi connectivity index (χ0) is 18.1. The van der Waals surface area contributed by atoms with E-state index in [4.69, 9.17) is 4.74 Å². The van der Waals surface area contributed by atoms with Crippen molar-refractivity contribution in [3.63, 3.8) is 0 Å². The van der Waals surface area contributed by atoms with Crippen LogP contribution < -0.4 is 10.6 Å². The summed E-state index contributed by atoms with van der Waals surface area (Å²) in [5, 5.41) is 11.4. The van der Waals surface area contributed by atoms with Crippen molar-refractivity contribution in [2.45, 2.75) is 18.9 Å². The predicted octanol–water partition coefficient (Wildman–Crippen LogP) is 2.98. The zero-order valence-corrected chi connectivity index (χ0v) is 14.2. The Hall–Kier alpha value is -2.81. The van der Waals surface area contributed by atoms with Crippen molar-refractivity contribution in [1.82, 2.24) is 19.7 Å². The molecule has 0 saturated carbocycles. The highest BCUT2D eigenvalue weighted by molar-refractivity contribution is 5.87. The van der Waals surface area contributed by atoms with Gasteiger partial charge in [0, 0.05) is 38.1 Å². The molecule has 0 atom stereocenters. The van der Waals surface area contributed by atoms with E-state index in [0.717, 1.165) is 30.4 Å². The minimum absolute atomic E-state index is 0.248. The maximum atomic E-state index is 13.4. The van der Waals surface area contributed by atoms with Crippen molar-refractivity contribution in [3.8, 4) is 0 Å². The fraction of sp³-hybridized carbons (Fsp3) is 0.353. The van der Waals surface area contributed by atoms with Gasteiger partial charge in [-0.3, -0.25) is 4.68 Å². The minimum Gasteiger partial charge on any atom is -0.381 e. The maximum Gasteiger partial charge on any atom is 0.231 e. The fourth-order valence-corrected chi connectivity index (χ4v) is 2.93. The zero-order valence-electron chi connectivity index (χ0n) is 14.2. The summed E-state index contributed by atoms with van der Waals surface area (Å²) in [4.78, 5) is 8.95. The van der Waals surface area contributed by atoms with Gasteiger partial charge in [0.05, 0.1) is 11.6 Å². The van der Waals surface area contributed by atoms with Gasteiger partial charge in [-0.1, -0.05) is 0 Å². The Morgan fingerprint density at radius 1 is 1.15 bits per heavy atom. The molecule has 0 unspecified atom stereocenters. The Bertz CT molecular complexity index is 938. The van der Waals surface area contributed by atoms with Crippen LogP contribution in [0.5, 0.6) is 0 Å². The first-order valence-electron chi connectivity index (χ1n) is 8.36. The van der Waals surface area contributed by atoms with Crippen molar-refractivity contribution in [2.24, 2.45) is 7.05 Å². The van der Waals surface area contributed by atoms with Crippen LogP contribution in [-0.2, 0) is 11.8 Å². The van der Waals surface area contributed by atoms with E-state index in [2.05, 4.69) is 25.7 Å². The summed E-state index contributed by atoms with van der Waals surface area (Å²) in [6.45, 7) is 1.41. The molecule has 9 heteroatoms. The van der Waals surface area contributed by atoms with Crippen LogP contribution in [0.2, 0.25) is 0 Å². The first-order valence-corrected chi connectivity index (χ1v) is 8.36. The molecule has 1 aliphatic rings. The topological polar surface area (TPSA) is 76.9 Å². The lowest BCUT2D eigenvalue weighted by atomic mass is 10.1. The van der Waals surface area contributed by atoms with E-state index in [1.807, 2.05) is 0 Å². The third-order valence-corrected chi connectivity index (χ3v) is 4.33. The molecule has 7 nitrogen and oxygen atoms in total. The molecule has 1 fully saturated rings. The molecule has 2 aromatic heterocycles. The monoisotopic (exact) mass is 360 g/mol. The summed E-state index contributed by atoms with van der Waals surface area (Å²) in [5.74, 6) is -0.903. The second-order valence-corrected chi connectivity index (χ2v) is 6.19. The number of fused-ring (bicyclic) bond motifs is 1. The first-order chi connectivity index (χ1) is 12.6. The quantitative estimate of drug-likeness (QED) is 0.745.